The minimum Gasteiger partial charge on any atom is -0.473 e. The molecule has 1 atom stereocenters. The van der Waals surface area contributed by atoms with Gasteiger partial charge in [-0.3, -0.25) is 0 Å². The van der Waals surface area contributed by atoms with Crippen LogP contribution in [0, 0.1) is 0 Å². The van der Waals surface area contributed by atoms with Gasteiger partial charge in [-0.2, -0.15) is 13.2 Å². The quantitative estimate of drug-likeness (QED) is 0.454. The van der Waals surface area contributed by atoms with E-state index in [2.05, 4.69) is 29.3 Å². The molecule has 0 aliphatic rings. The van der Waals surface area contributed by atoms with E-state index in [4.69, 9.17) is 9.84 Å². The van der Waals surface area contributed by atoms with Crippen LogP contribution >= 0.6 is 0 Å². The Morgan fingerprint density at radius 1 is 0.897 bits per heavy atom. The van der Waals surface area contributed by atoms with E-state index in [1.165, 1.54) is 56.6 Å². The fraction of sp³-hybridized carbons (Fsp3) is 0.545. The minimum atomic E-state index is -4.72. The molecule has 0 bridgehead atoms. The second-order valence-electron chi connectivity index (χ2n) is 7.19. The Balaban J connectivity index is 1.77. The first-order valence-electron chi connectivity index (χ1n) is 10.2. The van der Waals surface area contributed by atoms with Crippen molar-refractivity contribution in [2.75, 3.05) is 6.61 Å². The number of aliphatic hydroxyl groups is 1. The van der Waals surface area contributed by atoms with E-state index in [0.29, 0.717) is 5.69 Å². The summed E-state index contributed by atoms with van der Waals surface area (Å²) in [6.45, 7) is 1.31. The molecule has 0 spiro atoms. The van der Waals surface area contributed by atoms with Gasteiger partial charge < -0.3 is 9.84 Å². The molecule has 160 valence electrons. The van der Waals surface area contributed by atoms with Gasteiger partial charge in [0.1, 0.15) is 6.61 Å². The number of aromatic nitrogens is 2. The number of unbranched alkanes of at least 4 members (excludes halogenated alkanes) is 6. The van der Waals surface area contributed by atoms with Crippen molar-refractivity contribution in [3.8, 4) is 17.1 Å². The smallest absolute Gasteiger partial charge is 0.417 e. The zero-order valence-corrected chi connectivity index (χ0v) is 16.8. The van der Waals surface area contributed by atoms with Gasteiger partial charge in [0, 0.05) is 11.6 Å². The number of hydrogen-bond acceptors (Lipinski definition) is 4. The lowest BCUT2D eigenvalue weighted by molar-refractivity contribution is -0.210. The van der Waals surface area contributed by atoms with Crippen LogP contribution in [-0.2, 0) is 6.42 Å². The van der Waals surface area contributed by atoms with Crippen LogP contribution < -0.4 is 4.74 Å². The molecule has 29 heavy (non-hydrogen) atoms. The van der Waals surface area contributed by atoms with Crippen LogP contribution in [0.4, 0.5) is 13.2 Å². The van der Waals surface area contributed by atoms with Crippen molar-refractivity contribution < 1.29 is 23.0 Å². The Morgan fingerprint density at radius 2 is 1.55 bits per heavy atom. The number of hydrogen-bond donors (Lipinski definition) is 1. The highest BCUT2D eigenvalue weighted by Crippen LogP contribution is 2.22. The summed E-state index contributed by atoms with van der Waals surface area (Å²) < 4.78 is 41.6. The molecule has 1 N–H and O–H groups in total. The van der Waals surface area contributed by atoms with Crippen LogP contribution in [0.15, 0.2) is 36.4 Å². The lowest BCUT2D eigenvalue weighted by Gasteiger charge is -2.14. The molecule has 7 heteroatoms. The summed E-state index contributed by atoms with van der Waals surface area (Å²) >= 11 is 0. The number of nitrogens with zero attached hydrogens (tertiary/aromatic N) is 2. The fourth-order valence-electron chi connectivity index (χ4n) is 2.94. The van der Waals surface area contributed by atoms with Crippen molar-refractivity contribution in [1.29, 1.82) is 0 Å². The molecule has 1 aromatic heterocycles. The summed E-state index contributed by atoms with van der Waals surface area (Å²) in [6, 6.07) is 11.1. The van der Waals surface area contributed by atoms with Gasteiger partial charge >= 0.3 is 6.18 Å². The summed E-state index contributed by atoms with van der Waals surface area (Å²) in [5.74, 6) is -0.0624. The molecule has 0 aliphatic heterocycles. The molecule has 2 rings (SSSR count). The maximum Gasteiger partial charge on any atom is 0.417 e. The Morgan fingerprint density at radius 3 is 2.14 bits per heavy atom. The third-order valence-corrected chi connectivity index (χ3v) is 4.73. The minimum absolute atomic E-state index is 0.0624. The summed E-state index contributed by atoms with van der Waals surface area (Å²) in [7, 11) is 0. The largest absolute Gasteiger partial charge is 0.473 e. The van der Waals surface area contributed by atoms with E-state index >= 15 is 0 Å². The van der Waals surface area contributed by atoms with Crippen molar-refractivity contribution in [1.82, 2.24) is 10.2 Å². The van der Waals surface area contributed by atoms with Gasteiger partial charge in [0.15, 0.2) is 6.10 Å². The molecule has 1 unspecified atom stereocenters. The van der Waals surface area contributed by atoms with E-state index in [1.807, 2.05) is 12.1 Å². The predicted molar refractivity (Wildman–Crippen MR) is 107 cm³/mol. The number of rotatable bonds is 12. The molecule has 0 saturated heterocycles. The van der Waals surface area contributed by atoms with E-state index < -0.39 is 18.9 Å². The monoisotopic (exact) mass is 410 g/mol. The average molecular weight is 410 g/mol. The van der Waals surface area contributed by atoms with E-state index in [0.717, 1.165) is 12.0 Å². The number of aliphatic hydroxyl groups excluding tert-OH is 1. The zero-order chi connectivity index (χ0) is 21.1. The van der Waals surface area contributed by atoms with Gasteiger partial charge in [-0.1, -0.05) is 69.7 Å². The van der Waals surface area contributed by atoms with Crippen LogP contribution in [0.25, 0.3) is 11.3 Å². The summed E-state index contributed by atoms with van der Waals surface area (Å²) in [5, 5.41) is 16.7. The lowest BCUT2D eigenvalue weighted by atomic mass is 10.0. The van der Waals surface area contributed by atoms with Gasteiger partial charge in [-0.15, -0.1) is 10.2 Å². The molecular formula is C22H29F3N2O2. The number of ether oxygens (including phenoxy) is 1. The Kier molecular flexibility index (Phi) is 9.38. The lowest BCUT2D eigenvalue weighted by Crippen LogP contribution is -2.34. The summed E-state index contributed by atoms with van der Waals surface area (Å²) in [4.78, 5) is 0. The molecule has 0 saturated carbocycles. The highest BCUT2D eigenvalue weighted by atomic mass is 19.4. The predicted octanol–water partition coefficient (Wildman–Crippen LogP) is 5.74. The summed E-state index contributed by atoms with van der Waals surface area (Å²) in [6.07, 6.45) is 2.76. The van der Waals surface area contributed by atoms with Gasteiger partial charge in [0.05, 0.1) is 5.69 Å². The summed E-state index contributed by atoms with van der Waals surface area (Å²) in [5.41, 5.74) is 2.76. The molecule has 0 fully saturated rings. The first-order valence-corrected chi connectivity index (χ1v) is 10.2. The van der Waals surface area contributed by atoms with E-state index in [-0.39, 0.29) is 5.88 Å². The molecule has 0 amide bonds. The molecular weight excluding hydrogens is 381 g/mol. The van der Waals surface area contributed by atoms with E-state index in [1.54, 1.807) is 6.07 Å². The standard InChI is InChI=1S/C22H29F3N2O2/c1-2-3-4-5-6-7-8-9-17-10-12-18(13-11-17)19-14-15-21(27-26-19)29-16-20(28)22(23,24)25/h10-15,20,28H,2-9,16H2,1H3. The number of aryl methyl sites for hydroxylation is 1. The molecule has 1 heterocycles. The van der Waals surface area contributed by atoms with Crippen LogP contribution in [0.5, 0.6) is 5.88 Å². The molecule has 0 radical (unpaired) electrons. The number of benzene rings is 1. The van der Waals surface area contributed by atoms with Crippen LogP contribution in [0.1, 0.15) is 57.4 Å². The Bertz CT molecular complexity index is 703. The molecule has 1 aromatic carbocycles. The first kappa shape index (κ1) is 23.1. The highest BCUT2D eigenvalue weighted by Gasteiger charge is 2.38. The highest BCUT2D eigenvalue weighted by molar-refractivity contribution is 5.59. The van der Waals surface area contributed by atoms with Crippen molar-refractivity contribution >= 4 is 0 Å². The van der Waals surface area contributed by atoms with Crippen molar-refractivity contribution in [2.24, 2.45) is 0 Å². The zero-order valence-electron chi connectivity index (χ0n) is 16.8. The van der Waals surface area contributed by atoms with Gasteiger partial charge in [0.2, 0.25) is 5.88 Å². The number of alkyl halides is 3. The molecule has 2 aromatic rings. The van der Waals surface area contributed by atoms with Crippen LogP contribution in [-0.4, -0.2) is 34.2 Å². The van der Waals surface area contributed by atoms with Crippen LogP contribution in [0.2, 0.25) is 0 Å². The van der Waals surface area contributed by atoms with Gasteiger partial charge in [-0.05, 0) is 24.5 Å². The third kappa shape index (κ3) is 8.40. The van der Waals surface area contributed by atoms with Crippen molar-refractivity contribution in [3.63, 3.8) is 0 Å². The number of halogens is 3. The fourth-order valence-corrected chi connectivity index (χ4v) is 2.94. The van der Waals surface area contributed by atoms with Crippen LogP contribution in [0.3, 0.4) is 0 Å². The van der Waals surface area contributed by atoms with E-state index in [9.17, 15) is 13.2 Å². The second-order valence-corrected chi connectivity index (χ2v) is 7.19. The maximum atomic E-state index is 12.3. The van der Waals surface area contributed by atoms with Crippen molar-refractivity contribution in [3.05, 3.63) is 42.0 Å². The van der Waals surface area contributed by atoms with Gasteiger partial charge in [0.25, 0.3) is 0 Å². The Hall–Kier alpha value is -2.15. The average Bonchev–Trinajstić information content (AvgIpc) is 2.71. The SMILES string of the molecule is CCCCCCCCCc1ccc(-c2ccc(OCC(O)C(F)(F)F)nn2)cc1. The maximum absolute atomic E-state index is 12.3. The topological polar surface area (TPSA) is 55.2 Å². The second kappa shape index (κ2) is 11.8. The van der Waals surface area contributed by atoms with Gasteiger partial charge in [-0.25, -0.2) is 0 Å². The molecule has 0 aliphatic carbocycles. The first-order chi connectivity index (χ1) is 13.9. The van der Waals surface area contributed by atoms with Crippen molar-refractivity contribution in [2.45, 2.75) is 70.6 Å². The Labute approximate surface area is 170 Å². The third-order valence-electron chi connectivity index (χ3n) is 4.73. The normalized spacial score (nSPS) is 12.7. The molecule has 4 nitrogen and oxygen atoms in total.